The lowest BCUT2D eigenvalue weighted by Crippen LogP contribution is -2.17. The number of rotatable bonds is 6. The highest BCUT2D eigenvalue weighted by Gasteiger charge is 2.21. The molecule has 2 aromatic carbocycles. The maximum Gasteiger partial charge on any atom is 0.340 e. The lowest BCUT2D eigenvalue weighted by atomic mass is 10.0. The number of pyridine rings is 1. The van der Waals surface area contributed by atoms with E-state index >= 15 is 0 Å². The predicted octanol–water partition coefficient (Wildman–Crippen LogP) is 3.73. The van der Waals surface area contributed by atoms with Gasteiger partial charge in [-0.15, -0.1) is 0 Å². The number of Topliss-reactive ketones (excluding diaryl/α,β-unsaturated/α-hetero) is 1. The van der Waals surface area contributed by atoms with Crippen LogP contribution >= 0.6 is 0 Å². The molecule has 132 valence electrons. The smallest absolute Gasteiger partial charge is 0.340 e. The van der Waals surface area contributed by atoms with Crippen LogP contribution in [-0.4, -0.2) is 30.5 Å². The quantitative estimate of drug-likeness (QED) is 0.501. The average molecular weight is 349 g/mol. The molecule has 0 aliphatic carbocycles. The lowest BCUT2D eigenvalue weighted by molar-refractivity contribution is 0.0469. The standard InChI is InChI=1S/C21H19NO4/c1-14-16-10-6-7-11-17(16)22-18(12-25-2)20(14)21(24)26-13-19(23)15-8-4-3-5-9-15/h3-11H,12-13H2,1-2H3. The Morgan fingerprint density at radius 3 is 2.42 bits per heavy atom. The van der Waals surface area contributed by atoms with Crippen molar-refractivity contribution in [2.45, 2.75) is 13.5 Å². The Kier molecular flexibility index (Phi) is 5.39. The number of methoxy groups -OCH3 is 1. The molecule has 0 saturated heterocycles. The van der Waals surface area contributed by atoms with E-state index in [0.29, 0.717) is 16.8 Å². The molecule has 0 spiro atoms. The van der Waals surface area contributed by atoms with Crippen LogP contribution in [0.5, 0.6) is 0 Å². The van der Waals surface area contributed by atoms with Gasteiger partial charge < -0.3 is 9.47 Å². The number of nitrogens with zero attached hydrogens (tertiary/aromatic N) is 1. The van der Waals surface area contributed by atoms with Gasteiger partial charge in [0, 0.05) is 18.1 Å². The molecule has 0 aliphatic heterocycles. The van der Waals surface area contributed by atoms with E-state index in [9.17, 15) is 9.59 Å². The monoisotopic (exact) mass is 349 g/mol. The van der Waals surface area contributed by atoms with E-state index in [2.05, 4.69) is 4.98 Å². The highest BCUT2D eigenvalue weighted by molar-refractivity contribution is 6.01. The molecule has 0 N–H and O–H groups in total. The highest BCUT2D eigenvalue weighted by Crippen LogP contribution is 2.24. The van der Waals surface area contributed by atoms with Crippen LogP contribution < -0.4 is 0 Å². The Bertz CT molecular complexity index is 951. The van der Waals surface area contributed by atoms with Gasteiger partial charge in [-0.25, -0.2) is 9.78 Å². The topological polar surface area (TPSA) is 65.5 Å². The number of fused-ring (bicyclic) bond motifs is 1. The fourth-order valence-electron chi connectivity index (χ4n) is 2.86. The second-order valence-corrected chi connectivity index (χ2v) is 5.87. The van der Waals surface area contributed by atoms with E-state index < -0.39 is 5.97 Å². The van der Waals surface area contributed by atoms with Crippen molar-refractivity contribution in [3.8, 4) is 0 Å². The van der Waals surface area contributed by atoms with Crippen molar-refractivity contribution in [1.82, 2.24) is 4.98 Å². The normalized spacial score (nSPS) is 10.7. The molecule has 0 atom stereocenters. The average Bonchev–Trinajstić information content (AvgIpc) is 2.67. The molecule has 0 aliphatic rings. The van der Waals surface area contributed by atoms with Gasteiger partial charge in [-0.3, -0.25) is 4.79 Å². The Balaban J connectivity index is 1.88. The number of ether oxygens (including phenoxy) is 2. The van der Waals surface area contributed by atoms with E-state index in [1.165, 1.54) is 0 Å². The van der Waals surface area contributed by atoms with E-state index in [4.69, 9.17) is 9.47 Å². The van der Waals surface area contributed by atoms with Crippen LogP contribution in [0.4, 0.5) is 0 Å². The molecule has 26 heavy (non-hydrogen) atoms. The predicted molar refractivity (Wildman–Crippen MR) is 98.2 cm³/mol. The van der Waals surface area contributed by atoms with Gasteiger partial charge in [0.25, 0.3) is 0 Å². The minimum atomic E-state index is -0.572. The van der Waals surface area contributed by atoms with Gasteiger partial charge in [0.15, 0.2) is 12.4 Å². The molecule has 0 fully saturated rings. The maximum atomic E-state index is 12.7. The summed E-state index contributed by atoms with van der Waals surface area (Å²) >= 11 is 0. The fourth-order valence-corrected chi connectivity index (χ4v) is 2.86. The maximum absolute atomic E-state index is 12.7. The van der Waals surface area contributed by atoms with E-state index in [-0.39, 0.29) is 19.0 Å². The summed E-state index contributed by atoms with van der Waals surface area (Å²) in [6.45, 7) is 1.71. The van der Waals surface area contributed by atoms with Crippen LogP contribution in [0.1, 0.15) is 32.0 Å². The van der Waals surface area contributed by atoms with Gasteiger partial charge in [0.2, 0.25) is 0 Å². The van der Waals surface area contributed by atoms with Crippen LogP contribution in [0.25, 0.3) is 10.9 Å². The third-order valence-electron chi connectivity index (χ3n) is 4.14. The summed E-state index contributed by atoms with van der Waals surface area (Å²) < 4.78 is 10.5. The van der Waals surface area contributed by atoms with Crippen LogP contribution in [0, 0.1) is 6.92 Å². The molecule has 3 aromatic rings. The molecule has 1 heterocycles. The second kappa shape index (κ2) is 7.89. The number of esters is 1. The van der Waals surface area contributed by atoms with E-state index in [0.717, 1.165) is 16.5 Å². The van der Waals surface area contributed by atoms with Gasteiger partial charge >= 0.3 is 5.97 Å². The van der Waals surface area contributed by atoms with Crippen molar-refractivity contribution in [2.75, 3.05) is 13.7 Å². The van der Waals surface area contributed by atoms with Crippen molar-refractivity contribution in [3.63, 3.8) is 0 Å². The third-order valence-corrected chi connectivity index (χ3v) is 4.14. The van der Waals surface area contributed by atoms with Crippen molar-refractivity contribution in [3.05, 3.63) is 77.0 Å². The number of benzene rings is 2. The summed E-state index contributed by atoms with van der Waals surface area (Å²) in [5.41, 5.74) is 2.91. The first-order valence-electron chi connectivity index (χ1n) is 8.24. The van der Waals surface area contributed by atoms with E-state index in [1.54, 1.807) is 31.4 Å². The number of carbonyl (C=O) groups is 2. The molecule has 0 saturated carbocycles. The number of hydrogen-bond acceptors (Lipinski definition) is 5. The largest absolute Gasteiger partial charge is 0.454 e. The van der Waals surface area contributed by atoms with Gasteiger partial charge in [-0.1, -0.05) is 48.5 Å². The molecule has 5 heteroatoms. The second-order valence-electron chi connectivity index (χ2n) is 5.87. The van der Waals surface area contributed by atoms with Crippen molar-refractivity contribution >= 4 is 22.7 Å². The summed E-state index contributed by atoms with van der Waals surface area (Å²) in [5, 5.41) is 0.869. The van der Waals surface area contributed by atoms with Gasteiger partial charge in [0.1, 0.15) is 0 Å². The van der Waals surface area contributed by atoms with Crippen LogP contribution in [-0.2, 0) is 16.1 Å². The molecular formula is C21H19NO4. The van der Waals surface area contributed by atoms with Gasteiger partial charge in [-0.05, 0) is 18.6 Å². The number of ketones is 1. The molecule has 1 aromatic heterocycles. The summed E-state index contributed by atoms with van der Waals surface area (Å²) in [5.74, 6) is -0.823. The Morgan fingerprint density at radius 2 is 1.69 bits per heavy atom. The molecule has 0 radical (unpaired) electrons. The summed E-state index contributed by atoms with van der Waals surface area (Å²) in [4.78, 5) is 29.4. The van der Waals surface area contributed by atoms with Gasteiger partial charge in [0.05, 0.1) is 23.4 Å². The molecule has 0 unspecified atom stereocenters. The Morgan fingerprint density at radius 1 is 1.00 bits per heavy atom. The van der Waals surface area contributed by atoms with Gasteiger partial charge in [-0.2, -0.15) is 0 Å². The number of para-hydroxylation sites is 1. The van der Waals surface area contributed by atoms with E-state index in [1.807, 2.05) is 37.3 Å². The zero-order valence-corrected chi connectivity index (χ0v) is 14.7. The zero-order chi connectivity index (χ0) is 18.5. The molecule has 3 rings (SSSR count). The Hall–Kier alpha value is -3.05. The number of hydrogen-bond donors (Lipinski definition) is 0. The van der Waals surface area contributed by atoms with Crippen LogP contribution in [0.2, 0.25) is 0 Å². The minimum Gasteiger partial charge on any atom is -0.454 e. The number of aryl methyl sites for hydroxylation is 1. The first kappa shape index (κ1) is 17.8. The highest BCUT2D eigenvalue weighted by atomic mass is 16.5. The van der Waals surface area contributed by atoms with Crippen LogP contribution in [0.15, 0.2) is 54.6 Å². The fraction of sp³-hybridized carbons (Fsp3) is 0.190. The third kappa shape index (κ3) is 3.63. The first-order valence-corrected chi connectivity index (χ1v) is 8.24. The first-order chi connectivity index (χ1) is 12.6. The van der Waals surface area contributed by atoms with Crippen LogP contribution in [0.3, 0.4) is 0 Å². The number of carbonyl (C=O) groups excluding carboxylic acids is 2. The minimum absolute atomic E-state index is 0.183. The SMILES string of the molecule is COCc1nc2ccccc2c(C)c1C(=O)OCC(=O)c1ccccc1. The molecule has 5 nitrogen and oxygen atoms in total. The molecule has 0 amide bonds. The summed E-state index contributed by atoms with van der Waals surface area (Å²) in [7, 11) is 1.54. The van der Waals surface area contributed by atoms with Crippen molar-refractivity contribution in [2.24, 2.45) is 0 Å². The summed E-state index contributed by atoms with van der Waals surface area (Å²) in [6, 6.07) is 16.3. The number of aromatic nitrogens is 1. The Labute approximate surface area is 151 Å². The van der Waals surface area contributed by atoms with Crippen molar-refractivity contribution in [1.29, 1.82) is 0 Å². The summed E-state index contributed by atoms with van der Waals surface area (Å²) in [6.07, 6.45) is 0. The molecule has 0 bridgehead atoms. The zero-order valence-electron chi connectivity index (χ0n) is 14.7. The molecular weight excluding hydrogens is 330 g/mol. The van der Waals surface area contributed by atoms with Crippen molar-refractivity contribution < 1.29 is 19.1 Å². The lowest BCUT2D eigenvalue weighted by Gasteiger charge is -2.13.